The molecule has 3 rings (SSSR count). The summed E-state index contributed by atoms with van der Waals surface area (Å²) in [5.41, 5.74) is 4.95. The summed E-state index contributed by atoms with van der Waals surface area (Å²) < 4.78 is 0. The van der Waals surface area contributed by atoms with E-state index in [9.17, 15) is 14.4 Å². The first kappa shape index (κ1) is 20.6. The molecule has 2 aromatic carbocycles. The first-order chi connectivity index (χ1) is 14.0. The molecule has 0 spiro atoms. The van der Waals surface area contributed by atoms with Gasteiger partial charge in [-0.05, 0) is 40.8 Å². The van der Waals surface area contributed by atoms with E-state index >= 15 is 0 Å². The molecule has 1 aliphatic rings. The van der Waals surface area contributed by atoms with Crippen LogP contribution in [0.1, 0.15) is 41.3 Å². The van der Waals surface area contributed by atoms with Crippen LogP contribution in [0.4, 0.5) is 0 Å². The van der Waals surface area contributed by atoms with Crippen molar-refractivity contribution in [2.24, 2.45) is 0 Å². The Kier molecular flexibility index (Phi) is 6.65. The summed E-state index contributed by atoms with van der Waals surface area (Å²) in [5.74, 6) is -0.0743. The average Bonchev–Trinajstić information content (AvgIpc) is 3.06. The lowest BCUT2D eigenvalue weighted by Crippen LogP contribution is -2.34. The molecule has 0 unspecified atom stereocenters. The predicted octanol–water partition coefficient (Wildman–Crippen LogP) is 2.81. The van der Waals surface area contributed by atoms with Gasteiger partial charge in [0, 0.05) is 32.2 Å². The number of hydrogen-bond donors (Lipinski definition) is 1. The van der Waals surface area contributed by atoms with Crippen LogP contribution in [-0.2, 0) is 22.7 Å². The Labute approximate surface area is 171 Å². The summed E-state index contributed by atoms with van der Waals surface area (Å²) in [4.78, 5) is 38.5. The van der Waals surface area contributed by atoms with E-state index in [-0.39, 0.29) is 18.4 Å². The molecule has 152 valence electrons. The monoisotopic (exact) mass is 393 g/mol. The fourth-order valence-electron chi connectivity index (χ4n) is 3.52. The SMILES string of the molecule is CCCCN1Cc2cc(-c3ccc(CN(C=O)CC(=O)NC)cc3)ccc2C1=O. The van der Waals surface area contributed by atoms with Crippen LogP contribution in [0.25, 0.3) is 11.1 Å². The van der Waals surface area contributed by atoms with Crippen LogP contribution in [0.5, 0.6) is 0 Å². The molecule has 1 N–H and O–H groups in total. The van der Waals surface area contributed by atoms with E-state index in [2.05, 4.69) is 18.3 Å². The van der Waals surface area contributed by atoms with Crippen molar-refractivity contribution < 1.29 is 14.4 Å². The Morgan fingerprint density at radius 3 is 2.55 bits per heavy atom. The van der Waals surface area contributed by atoms with Crippen LogP contribution in [0.3, 0.4) is 0 Å². The lowest BCUT2D eigenvalue weighted by molar-refractivity contribution is -0.128. The van der Waals surface area contributed by atoms with Crippen molar-refractivity contribution in [2.45, 2.75) is 32.9 Å². The average molecular weight is 393 g/mol. The molecule has 0 saturated heterocycles. The maximum Gasteiger partial charge on any atom is 0.254 e. The van der Waals surface area contributed by atoms with Gasteiger partial charge in [-0.2, -0.15) is 0 Å². The molecule has 29 heavy (non-hydrogen) atoms. The molecular formula is C23H27N3O3. The normalized spacial score (nSPS) is 12.6. The summed E-state index contributed by atoms with van der Waals surface area (Å²) >= 11 is 0. The molecule has 6 heteroatoms. The van der Waals surface area contributed by atoms with Crippen molar-refractivity contribution in [1.82, 2.24) is 15.1 Å². The molecule has 0 aliphatic carbocycles. The molecule has 0 aromatic heterocycles. The third-order valence-corrected chi connectivity index (χ3v) is 5.21. The van der Waals surface area contributed by atoms with Crippen molar-refractivity contribution in [2.75, 3.05) is 20.1 Å². The molecule has 6 nitrogen and oxygen atoms in total. The maximum atomic E-state index is 12.5. The van der Waals surface area contributed by atoms with Gasteiger partial charge in [-0.3, -0.25) is 14.4 Å². The summed E-state index contributed by atoms with van der Waals surface area (Å²) in [6, 6.07) is 13.9. The van der Waals surface area contributed by atoms with Crippen LogP contribution < -0.4 is 5.32 Å². The van der Waals surface area contributed by atoms with E-state index in [1.807, 2.05) is 41.3 Å². The van der Waals surface area contributed by atoms with Gasteiger partial charge in [0.05, 0.1) is 6.54 Å². The molecule has 1 heterocycles. The number of hydrogen-bond acceptors (Lipinski definition) is 3. The minimum absolute atomic E-state index is 0.0368. The lowest BCUT2D eigenvalue weighted by Gasteiger charge is -2.16. The third kappa shape index (κ3) is 4.83. The van der Waals surface area contributed by atoms with Crippen molar-refractivity contribution in [3.63, 3.8) is 0 Å². The largest absolute Gasteiger partial charge is 0.358 e. The second kappa shape index (κ2) is 9.37. The van der Waals surface area contributed by atoms with Crippen molar-refractivity contribution in [1.29, 1.82) is 0 Å². The standard InChI is InChI=1S/C23H27N3O3/c1-3-4-11-26-14-20-12-19(9-10-21(20)23(26)29)18-7-5-17(6-8-18)13-25(16-27)15-22(28)24-2/h5-10,12,16H,3-4,11,13-15H2,1-2H3,(H,24,28). The van der Waals surface area contributed by atoms with Crippen LogP contribution in [0.15, 0.2) is 42.5 Å². The Bertz CT molecular complexity index is 893. The lowest BCUT2D eigenvalue weighted by atomic mass is 9.99. The molecule has 0 atom stereocenters. The Morgan fingerprint density at radius 2 is 1.90 bits per heavy atom. The smallest absolute Gasteiger partial charge is 0.254 e. The van der Waals surface area contributed by atoms with Gasteiger partial charge in [-0.1, -0.05) is 43.7 Å². The summed E-state index contributed by atoms with van der Waals surface area (Å²) in [6.07, 6.45) is 2.78. The minimum Gasteiger partial charge on any atom is -0.358 e. The molecular weight excluding hydrogens is 366 g/mol. The van der Waals surface area contributed by atoms with E-state index in [0.29, 0.717) is 19.5 Å². The van der Waals surface area contributed by atoms with E-state index in [1.54, 1.807) is 7.05 Å². The molecule has 2 aromatic rings. The number of likely N-dealkylation sites (N-methyl/N-ethyl adjacent to an activating group) is 1. The summed E-state index contributed by atoms with van der Waals surface area (Å²) in [7, 11) is 1.55. The molecule has 0 fully saturated rings. The van der Waals surface area contributed by atoms with Crippen molar-refractivity contribution >= 4 is 18.2 Å². The first-order valence-corrected chi connectivity index (χ1v) is 9.97. The second-order valence-electron chi connectivity index (χ2n) is 7.33. The zero-order valence-corrected chi connectivity index (χ0v) is 17.0. The molecule has 1 aliphatic heterocycles. The summed E-state index contributed by atoms with van der Waals surface area (Å²) in [5, 5.41) is 2.52. The van der Waals surface area contributed by atoms with Crippen LogP contribution in [-0.4, -0.2) is 48.2 Å². The molecule has 0 saturated carbocycles. The highest BCUT2D eigenvalue weighted by molar-refractivity contribution is 5.99. The van der Waals surface area contributed by atoms with Crippen LogP contribution >= 0.6 is 0 Å². The highest BCUT2D eigenvalue weighted by Gasteiger charge is 2.26. The number of amides is 3. The van der Waals surface area contributed by atoms with Gasteiger partial charge in [-0.25, -0.2) is 0 Å². The minimum atomic E-state index is -0.200. The number of nitrogens with one attached hydrogen (secondary N) is 1. The first-order valence-electron chi connectivity index (χ1n) is 9.97. The van der Waals surface area contributed by atoms with Crippen molar-refractivity contribution in [3.05, 3.63) is 59.2 Å². The van der Waals surface area contributed by atoms with Gasteiger partial charge < -0.3 is 15.1 Å². The van der Waals surface area contributed by atoms with Gasteiger partial charge in [-0.15, -0.1) is 0 Å². The number of fused-ring (bicyclic) bond motifs is 1. The highest BCUT2D eigenvalue weighted by Crippen LogP contribution is 2.29. The molecule has 3 amide bonds. The van der Waals surface area contributed by atoms with Gasteiger partial charge in [0.2, 0.25) is 12.3 Å². The number of unbranched alkanes of at least 4 members (excludes halogenated alkanes) is 1. The topological polar surface area (TPSA) is 69.7 Å². The quantitative estimate of drug-likeness (QED) is 0.666. The number of nitrogens with zero attached hydrogens (tertiary/aromatic N) is 2. The number of rotatable bonds is 9. The van der Waals surface area contributed by atoms with E-state index < -0.39 is 0 Å². The van der Waals surface area contributed by atoms with Gasteiger partial charge in [0.15, 0.2) is 0 Å². The Morgan fingerprint density at radius 1 is 1.17 bits per heavy atom. The summed E-state index contributed by atoms with van der Waals surface area (Å²) in [6.45, 7) is 4.02. The van der Waals surface area contributed by atoms with Gasteiger partial charge in [0.25, 0.3) is 5.91 Å². The third-order valence-electron chi connectivity index (χ3n) is 5.21. The van der Waals surface area contributed by atoms with E-state index in [4.69, 9.17) is 0 Å². The second-order valence-corrected chi connectivity index (χ2v) is 7.33. The number of carbonyl (C=O) groups is 3. The van der Waals surface area contributed by atoms with Gasteiger partial charge >= 0.3 is 0 Å². The Balaban J connectivity index is 1.70. The molecule has 0 bridgehead atoms. The van der Waals surface area contributed by atoms with Crippen LogP contribution in [0.2, 0.25) is 0 Å². The highest BCUT2D eigenvalue weighted by atomic mass is 16.2. The maximum absolute atomic E-state index is 12.5. The fraction of sp³-hybridized carbons (Fsp3) is 0.348. The number of carbonyl (C=O) groups excluding carboxylic acids is 3. The van der Waals surface area contributed by atoms with Gasteiger partial charge in [0.1, 0.15) is 0 Å². The fourth-order valence-corrected chi connectivity index (χ4v) is 3.52. The van der Waals surface area contributed by atoms with E-state index in [0.717, 1.165) is 47.2 Å². The predicted molar refractivity (Wildman–Crippen MR) is 112 cm³/mol. The zero-order valence-electron chi connectivity index (χ0n) is 17.0. The Hall–Kier alpha value is -3.15. The van der Waals surface area contributed by atoms with E-state index in [1.165, 1.54) is 4.90 Å². The number of benzene rings is 2. The van der Waals surface area contributed by atoms with Crippen LogP contribution in [0, 0.1) is 0 Å². The molecule has 0 radical (unpaired) electrons. The van der Waals surface area contributed by atoms with Crippen molar-refractivity contribution in [3.8, 4) is 11.1 Å². The zero-order chi connectivity index (χ0) is 20.8.